The summed E-state index contributed by atoms with van der Waals surface area (Å²) < 4.78 is 122. The fourth-order valence-electron chi connectivity index (χ4n) is 3.60. The van der Waals surface area contributed by atoms with E-state index in [-0.39, 0.29) is 17.7 Å². The number of hydrogen-bond donors (Lipinski definition) is 0. The van der Waals surface area contributed by atoms with E-state index in [4.69, 9.17) is 4.74 Å². The summed E-state index contributed by atoms with van der Waals surface area (Å²) in [4.78, 5) is 4.24. The quantitative estimate of drug-likeness (QED) is 0.0914. The first-order chi connectivity index (χ1) is 19.5. The van der Waals surface area contributed by atoms with Gasteiger partial charge in [0.2, 0.25) is 0 Å². The Labute approximate surface area is 229 Å². The van der Waals surface area contributed by atoms with Gasteiger partial charge in [0.1, 0.15) is 34.5 Å². The van der Waals surface area contributed by atoms with Crippen molar-refractivity contribution in [2.45, 2.75) is 25.9 Å². The van der Waals surface area contributed by atoms with Crippen molar-refractivity contribution in [1.29, 1.82) is 0 Å². The molecule has 3 aromatic carbocycles. The van der Waals surface area contributed by atoms with Crippen LogP contribution < -0.4 is 9.47 Å². The predicted molar refractivity (Wildman–Crippen MR) is 133 cm³/mol. The fraction of sp³-hybridized carbons (Fsp3) is 0.167. The van der Waals surface area contributed by atoms with E-state index < -0.39 is 57.9 Å². The molecule has 0 atom stereocenters. The minimum Gasteiger partial charge on any atom is -0.492 e. The van der Waals surface area contributed by atoms with Gasteiger partial charge < -0.3 is 9.47 Å². The van der Waals surface area contributed by atoms with Crippen molar-refractivity contribution in [2.75, 3.05) is 6.61 Å². The number of unbranched alkanes of at least 4 members (excludes halogenated alkanes) is 1. The van der Waals surface area contributed by atoms with Crippen molar-refractivity contribution in [3.05, 3.63) is 112 Å². The Hall–Kier alpha value is -4.59. The highest BCUT2D eigenvalue weighted by Crippen LogP contribution is 2.36. The van der Waals surface area contributed by atoms with Crippen molar-refractivity contribution in [2.24, 2.45) is 0 Å². The Morgan fingerprint density at radius 3 is 2.02 bits per heavy atom. The van der Waals surface area contributed by atoms with Gasteiger partial charge in [-0.3, -0.25) is 4.98 Å². The van der Waals surface area contributed by atoms with Gasteiger partial charge in [0.15, 0.2) is 17.5 Å². The molecule has 0 aliphatic carbocycles. The molecule has 4 rings (SSSR count). The van der Waals surface area contributed by atoms with Crippen molar-refractivity contribution in [3.8, 4) is 34.6 Å². The maximum atomic E-state index is 14.7. The predicted octanol–water partition coefficient (Wildman–Crippen LogP) is 8.29. The van der Waals surface area contributed by atoms with E-state index in [1.807, 2.05) is 6.92 Å². The molecule has 1 aromatic heterocycles. The normalized spacial score (nSPS) is 11.1. The van der Waals surface area contributed by atoms with Gasteiger partial charge in [-0.1, -0.05) is 31.3 Å². The monoisotopic (exact) mass is 577 g/mol. The zero-order chi connectivity index (χ0) is 29.7. The van der Waals surface area contributed by atoms with Crippen molar-refractivity contribution >= 4 is 0 Å². The van der Waals surface area contributed by atoms with Crippen molar-refractivity contribution < 1.29 is 44.6 Å². The van der Waals surface area contributed by atoms with Gasteiger partial charge in [0.25, 0.3) is 0 Å². The smallest absolute Gasteiger partial charge is 0.432 e. The van der Waals surface area contributed by atoms with Crippen LogP contribution in [-0.4, -0.2) is 11.6 Å². The number of aromatic nitrogens is 1. The van der Waals surface area contributed by atoms with Gasteiger partial charge >= 0.3 is 6.11 Å². The van der Waals surface area contributed by atoms with Crippen LogP contribution in [0.25, 0.3) is 11.3 Å². The number of pyridine rings is 1. The Morgan fingerprint density at radius 1 is 0.756 bits per heavy atom. The number of nitrogens with zero attached hydrogens (tertiary/aromatic N) is 1. The summed E-state index contributed by atoms with van der Waals surface area (Å²) >= 11 is 0. The molecular weight excluding hydrogens is 558 g/mol. The minimum atomic E-state index is -4.74. The number of rotatable bonds is 8. The molecule has 0 unspecified atom stereocenters. The first-order valence-corrected chi connectivity index (χ1v) is 12.1. The number of halogens is 8. The van der Waals surface area contributed by atoms with E-state index in [2.05, 4.69) is 21.6 Å². The Morgan fingerprint density at radius 2 is 1.44 bits per heavy atom. The third kappa shape index (κ3) is 6.95. The molecule has 11 heteroatoms. The largest absolute Gasteiger partial charge is 0.492 e. The lowest BCUT2D eigenvalue weighted by atomic mass is 10.1. The standard InChI is InChI=1S/C30H19F8NO2/c1-2-3-10-40-20-8-9-27(39-16-20)19-7-6-18(22(31)13-19)5-4-17-11-23(32)28(24(33)12-17)30(37,38)41-21-14-25(34)29(36)26(35)15-21/h6-9,11-16H,2-3,10H2,1H3. The summed E-state index contributed by atoms with van der Waals surface area (Å²) in [5.74, 6) is -5.96. The summed E-state index contributed by atoms with van der Waals surface area (Å²) in [6.45, 7) is 2.58. The van der Waals surface area contributed by atoms with E-state index in [0.717, 1.165) is 18.9 Å². The number of benzene rings is 3. The maximum Gasteiger partial charge on any atom is 0.432 e. The zero-order valence-corrected chi connectivity index (χ0v) is 21.2. The lowest BCUT2D eigenvalue weighted by Gasteiger charge is -2.19. The molecule has 0 amide bonds. The number of hydrogen-bond acceptors (Lipinski definition) is 3. The molecule has 0 fully saturated rings. The van der Waals surface area contributed by atoms with Crippen LogP contribution in [0.2, 0.25) is 0 Å². The van der Waals surface area contributed by atoms with Gasteiger partial charge in [-0.15, -0.1) is 0 Å². The maximum absolute atomic E-state index is 14.7. The summed E-state index contributed by atoms with van der Waals surface area (Å²) in [7, 11) is 0. The first kappa shape index (κ1) is 29.4. The molecule has 0 bridgehead atoms. The minimum absolute atomic E-state index is 0.0932. The summed E-state index contributed by atoms with van der Waals surface area (Å²) in [6, 6.07) is 8.44. The molecule has 0 saturated heterocycles. The van der Waals surface area contributed by atoms with Gasteiger partial charge in [-0.05, 0) is 42.8 Å². The molecule has 0 saturated carbocycles. The zero-order valence-electron chi connectivity index (χ0n) is 21.2. The van der Waals surface area contributed by atoms with Gasteiger partial charge in [0.05, 0.1) is 24.1 Å². The lowest BCUT2D eigenvalue weighted by Crippen LogP contribution is -2.25. The average molecular weight is 577 g/mol. The van der Waals surface area contributed by atoms with E-state index >= 15 is 0 Å². The molecule has 0 aliphatic heterocycles. The summed E-state index contributed by atoms with van der Waals surface area (Å²) in [5, 5.41) is 0. The molecular formula is C30H19F8NO2. The highest BCUT2D eigenvalue weighted by Gasteiger charge is 2.41. The molecule has 212 valence electrons. The second kappa shape index (κ2) is 12.3. The van der Waals surface area contributed by atoms with Crippen molar-refractivity contribution in [1.82, 2.24) is 4.98 Å². The topological polar surface area (TPSA) is 31.4 Å². The number of alkyl halides is 2. The molecule has 41 heavy (non-hydrogen) atoms. The van der Waals surface area contributed by atoms with Crippen LogP contribution >= 0.6 is 0 Å². The third-order valence-electron chi connectivity index (χ3n) is 5.65. The first-order valence-electron chi connectivity index (χ1n) is 12.1. The Bertz CT molecular complexity index is 1580. The Balaban J connectivity index is 1.52. The van der Waals surface area contributed by atoms with Crippen LogP contribution in [0.1, 0.15) is 36.5 Å². The molecule has 0 radical (unpaired) electrons. The van der Waals surface area contributed by atoms with E-state index in [0.29, 0.717) is 35.7 Å². The second-order valence-corrected chi connectivity index (χ2v) is 8.66. The highest BCUT2D eigenvalue weighted by atomic mass is 19.3. The van der Waals surface area contributed by atoms with Crippen molar-refractivity contribution in [3.63, 3.8) is 0 Å². The van der Waals surface area contributed by atoms with Crippen LogP contribution in [0.4, 0.5) is 35.1 Å². The summed E-state index contributed by atoms with van der Waals surface area (Å²) in [6.07, 6.45) is -1.37. The fourth-order valence-corrected chi connectivity index (χ4v) is 3.60. The van der Waals surface area contributed by atoms with Crippen LogP contribution in [0.5, 0.6) is 11.5 Å². The Kier molecular flexibility index (Phi) is 8.81. The SMILES string of the molecule is CCCCOc1ccc(-c2ccc(C#Cc3cc(F)c(C(F)(F)Oc4cc(F)c(F)c(F)c4)c(F)c3)c(F)c2)nc1. The van der Waals surface area contributed by atoms with Crippen LogP contribution in [-0.2, 0) is 6.11 Å². The molecule has 0 N–H and O–H groups in total. The number of ether oxygens (including phenoxy) is 2. The van der Waals surface area contributed by atoms with Crippen LogP contribution in [0.3, 0.4) is 0 Å². The molecule has 1 heterocycles. The summed E-state index contributed by atoms with van der Waals surface area (Å²) in [5.41, 5.74) is -1.55. The van der Waals surface area contributed by atoms with Crippen LogP contribution in [0.15, 0.2) is 60.8 Å². The van der Waals surface area contributed by atoms with Gasteiger partial charge in [-0.25, -0.2) is 26.3 Å². The van der Waals surface area contributed by atoms with E-state index in [1.165, 1.54) is 18.3 Å². The van der Waals surface area contributed by atoms with Crippen LogP contribution in [0, 0.1) is 46.7 Å². The second-order valence-electron chi connectivity index (χ2n) is 8.66. The highest BCUT2D eigenvalue weighted by molar-refractivity contribution is 5.61. The molecule has 3 nitrogen and oxygen atoms in total. The molecule has 0 spiro atoms. The molecule has 4 aromatic rings. The molecule has 0 aliphatic rings. The third-order valence-corrected chi connectivity index (χ3v) is 5.65. The van der Waals surface area contributed by atoms with E-state index in [1.54, 1.807) is 12.1 Å². The van der Waals surface area contributed by atoms with Gasteiger partial charge in [0, 0.05) is 23.3 Å². The lowest BCUT2D eigenvalue weighted by molar-refractivity contribution is -0.189. The van der Waals surface area contributed by atoms with E-state index in [9.17, 15) is 35.1 Å². The average Bonchev–Trinajstić information content (AvgIpc) is 2.90. The van der Waals surface area contributed by atoms with Gasteiger partial charge in [-0.2, -0.15) is 8.78 Å².